The Balaban J connectivity index is 1.53. The molecule has 2 amide bonds. The molecule has 7 nitrogen and oxygen atoms in total. The summed E-state index contributed by atoms with van der Waals surface area (Å²) in [4.78, 5) is 24.8. The predicted molar refractivity (Wildman–Crippen MR) is 109 cm³/mol. The number of urea groups is 1. The highest BCUT2D eigenvalue weighted by atomic mass is 19.1. The summed E-state index contributed by atoms with van der Waals surface area (Å²) in [6, 6.07) is 9.22. The molecule has 1 aliphatic heterocycles. The average molecular weight is 395 g/mol. The van der Waals surface area contributed by atoms with E-state index in [0.29, 0.717) is 17.1 Å². The maximum absolute atomic E-state index is 14.5. The summed E-state index contributed by atoms with van der Waals surface area (Å²) in [6.45, 7) is 2.57. The van der Waals surface area contributed by atoms with Crippen molar-refractivity contribution in [3.63, 3.8) is 0 Å². The first-order chi connectivity index (χ1) is 14.0. The third kappa shape index (κ3) is 4.06. The number of rotatable bonds is 4. The fourth-order valence-electron chi connectivity index (χ4n) is 3.54. The Morgan fingerprint density at radius 2 is 2.07 bits per heavy atom. The third-order valence-electron chi connectivity index (χ3n) is 5.06. The van der Waals surface area contributed by atoms with Gasteiger partial charge in [-0.25, -0.2) is 9.18 Å². The minimum atomic E-state index is -0.510. The van der Waals surface area contributed by atoms with Crippen LogP contribution < -0.4 is 16.2 Å². The molecule has 2 N–H and O–H groups in total. The van der Waals surface area contributed by atoms with Gasteiger partial charge in [0.05, 0.1) is 12.2 Å². The molecule has 3 aromatic rings. The zero-order valence-corrected chi connectivity index (χ0v) is 16.1. The lowest BCUT2D eigenvalue weighted by atomic mass is 10.1. The number of halogens is 1. The van der Waals surface area contributed by atoms with Gasteiger partial charge >= 0.3 is 6.03 Å². The Labute approximate surface area is 167 Å². The number of pyridine rings is 1. The predicted octanol–water partition coefficient (Wildman–Crippen LogP) is 3.52. The largest absolute Gasteiger partial charge is 0.324 e. The highest BCUT2D eigenvalue weighted by molar-refractivity contribution is 5.99. The standard InChI is InChI=1S/C21H22FN5O2/c1-14-6-5-10-26(20(14)28)13-16-17(22)8-4-9-18(16)23-21(29)24-19-12-15-7-2-3-11-27(15)25-19/h4-6,8-10,12H,2-3,7,11,13H2,1H3,(H2,23,24,25,29). The number of benzene rings is 1. The fourth-order valence-corrected chi connectivity index (χ4v) is 3.54. The van der Waals surface area contributed by atoms with Gasteiger partial charge in [-0.15, -0.1) is 0 Å². The summed E-state index contributed by atoms with van der Waals surface area (Å²) in [7, 11) is 0. The first-order valence-electron chi connectivity index (χ1n) is 9.59. The second-order valence-electron chi connectivity index (χ2n) is 7.17. The number of hydrogen-bond acceptors (Lipinski definition) is 3. The number of carbonyl (C=O) groups excluding carboxylic acids is 1. The molecule has 4 rings (SSSR count). The van der Waals surface area contributed by atoms with Gasteiger partial charge in [0.2, 0.25) is 0 Å². The minimum absolute atomic E-state index is 0.0155. The molecule has 29 heavy (non-hydrogen) atoms. The van der Waals surface area contributed by atoms with E-state index in [4.69, 9.17) is 0 Å². The van der Waals surface area contributed by atoms with Crippen LogP contribution in [0.4, 0.5) is 20.7 Å². The number of amides is 2. The van der Waals surface area contributed by atoms with Gasteiger partial charge in [-0.1, -0.05) is 12.1 Å². The van der Waals surface area contributed by atoms with Gasteiger partial charge < -0.3 is 9.88 Å². The van der Waals surface area contributed by atoms with E-state index in [1.54, 1.807) is 31.3 Å². The summed E-state index contributed by atoms with van der Waals surface area (Å²) in [5.74, 6) is -0.0269. The first-order valence-corrected chi connectivity index (χ1v) is 9.59. The lowest BCUT2D eigenvalue weighted by Crippen LogP contribution is -2.24. The van der Waals surface area contributed by atoms with Crippen molar-refractivity contribution < 1.29 is 9.18 Å². The molecule has 0 radical (unpaired) electrons. The quantitative estimate of drug-likeness (QED) is 0.709. The first kappa shape index (κ1) is 18.9. The zero-order chi connectivity index (χ0) is 20.4. The van der Waals surface area contributed by atoms with Crippen LogP contribution in [0.2, 0.25) is 0 Å². The minimum Gasteiger partial charge on any atom is -0.311 e. The molecule has 0 fully saturated rings. The summed E-state index contributed by atoms with van der Waals surface area (Å²) in [5.41, 5.74) is 2.01. The normalized spacial score (nSPS) is 13.0. The number of nitrogens with zero attached hydrogens (tertiary/aromatic N) is 3. The van der Waals surface area contributed by atoms with E-state index in [-0.39, 0.29) is 17.7 Å². The molecular weight excluding hydrogens is 373 g/mol. The van der Waals surface area contributed by atoms with Crippen LogP contribution in [0, 0.1) is 12.7 Å². The SMILES string of the molecule is Cc1cccn(Cc2c(F)cccc2NC(=O)Nc2cc3n(n2)CCCC3)c1=O. The Morgan fingerprint density at radius 1 is 1.21 bits per heavy atom. The summed E-state index contributed by atoms with van der Waals surface area (Å²) >= 11 is 0. The molecule has 0 unspecified atom stereocenters. The number of aryl methyl sites for hydroxylation is 3. The molecule has 1 aliphatic rings. The second kappa shape index (κ2) is 7.90. The van der Waals surface area contributed by atoms with Gasteiger partial charge in [0.25, 0.3) is 5.56 Å². The molecule has 150 valence electrons. The van der Waals surface area contributed by atoms with Gasteiger partial charge in [0.1, 0.15) is 5.82 Å². The van der Waals surface area contributed by atoms with E-state index in [1.165, 1.54) is 16.7 Å². The summed E-state index contributed by atoms with van der Waals surface area (Å²) in [5, 5.41) is 9.77. The van der Waals surface area contributed by atoms with Crippen molar-refractivity contribution in [3.8, 4) is 0 Å². The van der Waals surface area contributed by atoms with Crippen LogP contribution in [-0.4, -0.2) is 20.4 Å². The molecule has 0 aliphatic carbocycles. The summed E-state index contributed by atoms with van der Waals surface area (Å²) < 4.78 is 17.8. The number of anilines is 2. The molecule has 0 saturated heterocycles. The van der Waals surface area contributed by atoms with E-state index in [2.05, 4.69) is 15.7 Å². The molecule has 0 bridgehead atoms. The monoisotopic (exact) mass is 395 g/mol. The molecule has 2 aromatic heterocycles. The molecular formula is C21H22FN5O2. The van der Waals surface area contributed by atoms with Crippen molar-refractivity contribution in [2.24, 2.45) is 0 Å². The zero-order valence-electron chi connectivity index (χ0n) is 16.1. The van der Waals surface area contributed by atoms with Gasteiger partial charge in [-0.2, -0.15) is 5.10 Å². The number of hydrogen-bond donors (Lipinski definition) is 2. The van der Waals surface area contributed by atoms with Crippen LogP contribution in [0.1, 0.15) is 29.7 Å². The maximum Gasteiger partial charge on any atom is 0.324 e. The Morgan fingerprint density at radius 3 is 2.90 bits per heavy atom. The van der Waals surface area contributed by atoms with E-state index in [9.17, 15) is 14.0 Å². The van der Waals surface area contributed by atoms with Crippen LogP contribution in [0.5, 0.6) is 0 Å². The van der Waals surface area contributed by atoms with Crippen molar-refractivity contribution in [2.45, 2.75) is 39.3 Å². The fraction of sp³-hybridized carbons (Fsp3) is 0.286. The number of nitrogens with one attached hydrogen (secondary N) is 2. The molecule has 8 heteroatoms. The maximum atomic E-state index is 14.5. The molecule has 3 heterocycles. The summed E-state index contributed by atoms with van der Waals surface area (Å²) in [6.07, 6.45) is 4.73. The molecule has 0 atom stereocenters. The Bertz CT molecular complexity index is 1090. The molecule has 1 aromatic carbocycles. The van der Waals surface area contributed by atoms with E-state index < -0.39 is 11.8 Å². The van der Waals surface area contributed by atoms with Crippen LogP contribution in [0.25, 0.3) is 0 Å². The second-order valence-corrected chi connectivity index (χ2v) is 7.17. The van der Waals surface area contributed by atoms with Crippen molar-refractivity contribution in [2.75, 3.05) is 10.6 Å². The van der Waals surface area contributed by atoms with Gasteiger partial charge in [-0.05, 0) is 44.4 Å². The number of aromatic nitrogens is 3. The van der Waals surface area contributed by atoms with E-state index in [1.807, 2.05) is 10.7 Å². The highest BCUT2D eigenvalue weighted by Gasteiger charge is 2.16. The van der Waals surface area contributed by atoms with Gasteiger partial charge in [-0.3, -0.25) is 14.8 Å². The molecule has 0 saturated carbocycles. The van der Waals surface area contributed by atoms with E-state index in [0.717, 1.165) is 31.5 Å². The van der Waals surface area contributed by atoms with Crippen molar-refractivity contribution in [1.29, 1.82) is 0 Å². The van der Waals surface area contributed by atoms with Crippen LogP contribution in [0.3, 0.4) is 0 Å². The smallest absolute Gasteiger partial charge is 0.311 e. The lowest BCUT2D eigenvalue weighted by Gasteiger charge is -2.14. The third-order valence-corrected chi connectivity index (χ3v) is 5.06. The average Bonchev–Trinajstić information content (AvgIpc) is 3.10. The Hall–Kier alpha value is -3.42. The van der Waals surface area contributed by atoms with Crippen molar-refractivity contribution in [3.05, 3.63) is 75.6 Å². The van der Waals surface area contributed by atoms with Crippen LogP contribution in [0.15, 0.2) is 47.4 Å². The highest BCUT2D eigenvalue weighted by Crippen LogP contribution is 2.21. The van der Waals surface area contributed by atoms with Crippen molar-refractivity contribution in [1.82, 2.24) is 14.3 Å². The number of fused-ring (bicyclic) bond motifs is 1. The van der Waals surface area contributed by atoms with Crippen LogP contribution in [-0.2, 0) is 19.5 Å². The topological polar surface area (TPSA) is 81.0 Å². The van der Waals surface area contributed by atoms with Crippen LogP contribution >= 0.6 is 0 Å². The van der Waals surface area contributed by atoms with E-state index >= 15 is 0 Å². The van der Waals surface area contributed by atoms with Crippen molar-refractivity contribution >= 4 is 17.5 Å². The number of carbonyl (C=O) groups is 1. The van der Waals surface area contributed by atoms with Gasteiger partial charge in [0, 0.05) is 35.6 Å². The van der Waals surface area contributed by atoms with Gasteiger partial charge in [0.15, 0.2) is 5.82 Å². The lowest BCUT2D eigenvalue weighted by molar-refractivity contribution is 0.262. The Kier molecular flexibility index (Phi) is 5.16. The molecule has 0 spiro atoms.